The number of amidine groups is 1. The molecule has 0 aliphatic heterocycles. The number of nitrogens with one attached hydrogen (secondary N) is 1. The van der Waals surface area contributed by atoms with Gasteiger partial charge >= 0.3 is 0 Å². The van der Waals surface area contributed by atoms with Crippen LogP contribution >= 0.6 is 0 Å². The predicted octanol–water partition coefficient (Wildman–Crippen LogP) is 0.938. The Morgan fingerprint density at radius 2 is 2.11 bits per heavy atom. The molecule has 0 bridgehead atoms. The van der Waals surface area contributed by atoms with Gasteiger partial charge < -0.3 is 21.0 Å². The highest BCUT2D eigenvalue weighted by atomic mass is 16.5. The van der Waals surface area contributed by atoms with Crippen LogP contribution in [0.4, 0.5) is 0 Å². The van der Waals surface area contributed by atoms with Gasteiger partial charge in [0, 0.05) is 13.2 Å². The normalized spacial score (nSPS) is 13.7. The molecule has 6 nitrogen and oxygen atoms in total. The Kier molecular flexibility index (Phi) is 9.00. The van der Waals surface area contributed by atoms with E-state index in [0.29, 0.717) is 32.1 Å². The lowest BCUT2D eigenvalue weighted by Crippen LogP contribution is -2.39. The summed E-state index contributed by atoms with van der Waals surface area (Å²) in [5.74, 6) is -0.258. The zero-order valence-electron chi connectivity index (χ0n) is 11.5. The maximum absolute atomic E-state index is 11.7. The van der Waals surface area contributed by atoms with Gasteiger partial charge in [-0.3, -0.25) is 4.79 Å². The van der Waals surface area contributed by atoms with Gasteiger partial charge in [0.2, 0.25) is 5.91 Å². The van der Waals surface area contributed by atoms with Gasteiger partial charge in [-0.05, 0) is 18.8 Å². The molecule has 4 N–H and O–H groups in total. The summed E-state index contributed by atoms with van der Waals surface area (Å²) in [5, 5.41) is 14.1. The minimum atomic E-state index is -0.578. The number of carbonyl (C=O) groups excluding carboxylic acids is 1. The third-order valence-corrected chi connectivity index (χ3v) is 2.58. The second-order valence-electron chi connectivity index (χ2n) is 4.57. The van der Waals surface area contributed by atoms with E-state index in [-0.39, 0.29) is 11.7 Å². The van der Waals surface area contributed by atoms with E-state index in [0.717, 1.165) is 6.42 Å². The van der Waals surface area contributed by atoms with Crippen LogP contribution < -0.4 is 11.1 Å². The first kappa shape index (κ1) is 16.7. The molecule has 0 saturated heterocycles. The SMILES string of the molecule is CCC(C(=O)NCCOCCC(C)C)C(N)=NO. The lowest BCUT2D eigenvalue weighted by molar-refractivity contribution is -0.123. The Bertz CT molecular complexity index is 267. The molecule has 1 amide bonds. The summed E-state index contributed by atoms with van der Waals surface area (Å²) >= 11 is 0. The van der Waals surface area contributed by atoms with E-state index in [4.69, 9.17) is 15.7 Å². The van der Waals surface area contributed by atoms with Crippen LogP contribution in [0.3, 0.4) is 0 Å². The fourth-order valence-electron chi connectivity index (χ4n) is 1.39. The molecule has 1 unspecified atom stereocenters. The minimum absolute atomic E-state index is 0.0595. The monoisotopic (exact) mass is 259 g/mol. The quantitative estimate of drug-likeness (QED) is 0.189. The van der Waals surface area contributed by atoms with Crippen molar-refractivity contribution in [1.82, 2.24) is 5.32 Å². The van der Waals surface area contributed by atoms with E-state index < -0.39 is 5.92 Å². The highest BCUT2D eigenvalue weighted by molar-refractivity contribution is 6.01. The number of nitrogens with two attached hydrogens (primary N) is 1. The van der Waals surface area contributed by atoms with Gasteiger partial charge in [-0.15, -0.1) is 0 Å². The maximum atomic E-state index is 11.7. The van der Waals surface area contributed by atoms with E-state index in [9.17, 15) is 4.79 Å². The predicted molar refractivity (Wildman–Crippen MR) is 70.5 cm³/mol. The fraction of sp³-hybridized carbons (Fsp3) is 0.833. The van der Waals surface area contributed by atoms with Gasteiger partial charge in [0.15, 0.2) is 5.84 Å². The van der Waals surface area contributed by atoms with Crippen molar-refractivity contribution in [2.75, 3.05) is 19.8 Å². The molecular weight excluding hydrogens is 234 g/mol. The summed E-state index contributed by atoms with van der Waals surface area (Å²) in [4.78, 5) is 11.7. The molecule has 0 aromatic carbocycles. The van der Waals surface area contributed by atoms with Crippen molar-refractivity contribution >= 4 is 11.7 Å². The highest BCUT2D eigenvalue weighted by Crippen LogP contribution is 2.02. The Labute approximate surface area is 109 Å². The summed E-state index contributed by atoms with van der Waals surface area (Å²) in [6, 6.07) is 0. The van der Waals surface area contributed by atoms with Crippen molar-refractivity contribution in [3.05, 3.63) is 0 Å². The first-order valence-electron chi connectivity index (χ1n) is 6.35. The topological polar surface area (TPSA) is 96.9 Å². The van der Waals surface area contributed by atoms with Gasteiger partial charge in [0.05, 0.1) is 12.5 Å². The number of amides is 1. The Balaban J connectivity index is 3.76. The van der Waals surface area contributed by atoms with Crippen LogP contribution in [0.5, 0.6) is 0 Å². The molecule has 6 heteroatoms. The van der Waals surface area contributed by atoms with Crippen LogP contribution in [-0.2, 0) is 9.53 Å². The molecule has 0 fully saturated rings. The number of carbonyl (C=O) groups is 1. The molecule has 0 radical (unpaired) electrons. The Hall–Kier alpha value is -1.30. The summed E-state index contributed by atoms with van der Waals surface area (Å²) in [7, 11) is 0. The smallest absolute Gasteiger partial charge is 0.230 e. The van der Waals surface area contributed by atoms with Gasteiger partial charge in [0.25, 0.3) is 0 Å². The zero-order valence-corrected chi connectivity index (χ0v) is 11.5. The zero-order chi connectivity index (χ0) is 14.0. The van der Waals surface area contributed by atoms with E-state index in [1.54, 1.807) is 6.92 Å². The lowest BCUT2D eigenvalue weighted by Gasteiger charge is -2.13. The van der Waals surface area contributed by atoms with Gasteiger partial charge in [-0.1, -0.05) is 25.9 Å². The average molecular weight is 259 g/mol. The molecular formula is C12H25N3O3. The first-order valence-corrected chi connectivity index (χ1v) is 6.35. The van der Waals surface area contributed by atoms with Crippen molar-refractivity contribution in [3.8, 4) is 0 Å². The molecule has 0 spiro atoms. The van der Waals surface area contributed by atoms with Crippen molar-refractivity contribution in [1.29, 1.82) is 0 Å². The molecule has 106 valence electrons. The number of rotatable bonds is 9. The molecule has 1 atom stereocenters. The second-order valence-corrected chi connectivity index (χ2v) is 4.57. The van der Waals surface area contributed by atoms with Crippen LogP contribution in [0.25, 0.3) is 0 Å². The molecule has 0 heterocycles. The van der Waals surface area contributed by atoms with Crippen LogP contribution in [0.2, 0.25) is 0 Å². The number of hydrogen-bond donors (Lipinski definition) is 3. The molecule has 0 aromatic rings. The average Bonchev–Trinajstić information content (AvgIpc) is 2.33. The van der Waals surface area contributed by atoms with Crippen LogP contribution in [0.15, 0.2) is 5.16 Å². The summed E-state index contributed by atoms with van der Waals surface area (Å²) < 4.78 is 5.37. The largest absolute Gasteiger partial charge is 0.409 e. The molecule has 0 aromatic heterocycles. The standard InChI is InChI=1S/C12H25N3O3/c1-4-10(11(13)15-17)12(16)14-6-8-18-7-5-9(2)3/h9-10,17H,4-8H2,1-3H3,(H2,13,15)(H,14,16). The Morgan fingerprint density at radius 3 is 2.61 bits per heavy atom. The third-order valence-electron chi connectivity index (χ3n) is 2.58. The molecule has 0 aliphatic rings. The number of ether oxygens (including phenoxy) is 1. The van der Waals surface area contributed by atoms with Gasteiger partial charge in [-0.2, -0.15) is 0 Å². The van der Waals surface area contributed by atoms with Crippen LogP contribution in [0, 0.1) is 11.8 Å². The first-order chi connectivity index (χ1) is 8.52. The Morgan fingerprint density at radius 1 is 1.44 bits per heavy atom. The number of hydrogen-bond acceptors (Lipinski definition) is 4. The summed E-state index contributed by atoms with van der Waals surface area (Å²) in [6.07, 6.45) is 1.51. The van der Waals surface area contributed by atoms with E-state index in [1.165, 1.54) is 0 Å². The highest BCUT2D eigenvalue weighted by Gasteiger charge is 2.20. The summed E-state index contributed by atoms with van der Waals surface area (Å²) in [6.45, 7) is 7.69. The van der Waals surface area contributed by atoms with Crippen LogP contribution in [0.1, 0.15) is 33.6 Å². The molecule has 0 aliphatic carbocycles. The van der Waals surface area contributed by atoms with Gasteiger partial charge in [0.1, 0.15) is 0 Å². The van der Waals surface area contributed by atoms with Crippen molar-refractivity contribution in [2.24, 2.45) is 22.7 Å². The van der Waals surface area contributed by atoms with Crippen molar-refractivity contribution in [3.63, 3.8) is 0 Å². The van der Waals surface area contributed by atoms with E-state index in [2.05, 4.69) is 24.3 Å². The lowest BCUT2D eigenvalue weighted by atomic mass is 10.1. The van der Waals surface area contributed by atoms with E-state index in [1.807, 2.05) is 0 Å². The van der Waals surface area contributed by atoms with Gasteiger partial charge in [-0.25, -0.2) is 0 Å². The minimum Gasteiger partial charge on any atom is -0.409 e. The number of oxime groups is 1. The van der Waals surface area contributed by atoms with E-state index >= 15 is 0 Å². The van der Waals surface area contributed by atoms with Crippen LogP contribution in [-0.4, -0.2) is 36.7 Å². The van der Waals surface area contributed by atoms with Crippen molar-refractivity contribution in [2.45, 2.75) is 33.6 Å². The molecule has 0 saturated carbocycles. The molecule has 0 rings (SSSR count). The summed E-state index contributed by atoms with van der Waals surface area (Å²) in [5.41, 5.74) is 5.42. The number of nitrogens with zero attached hydrogens (tertiary/aromatic N) is 1. The second kappa shape index (κ2) is 9.70. The third kappa shape index (κ3) is 7.11. The maximum Gasteiger partial charge on any atom is 0.230 e. The van der Waals surface area contributed by atoms with Crippen molar-refractivity contribution < 1.29 is 14.7 Å². The molecule has 18 heavy (non-hydrogen) atoms. The fourth-order valence-corrected chi connectivity index (χ4v) is 1.39.